The summed E-state index contributed by atoms with van der Waals surface area (Å²) in [7, 11) is 0. The van der Waals surface area contributed by atoms with Crippen LogP contribution in [-0.2, 0) is 29.6 Å². The standard InChI is InChI=1S/2C9H7.C2H4.2CHO.Ti/c2*1-2-5-9-7-3-6-8(9)4-1;3*1-2;/h2*1-7H;1H,2H3;2*1H;/q2*-1;;2*-1;. The van der Waals surface area contributed by atoms with E-state index in [2.05, 4.69) is 98.5 Å². The van der Waals surface area contributed by atoms with Crippen molar-refractivity contribution in [3.05, 3.63) is 84.9 Å². The second kappa shape index (κ2) is 15.1. The quantitative estimate of drug-likeness (QED) is 0.252. The molecule has 0 saturated heterocycles. The Hall–Kier alpha value is -2.42. The van der Waals surface area contributed by atoms with Gasteiger partial charge in [0.05, 0.1) is 0 Å². The van der Waals surface area contributed by atoms with Crippen molar-refractivity contribution in [1.82, 2.24) is 0 Å². The van der Waals surface area contributed by atoms with E-state index in [1.807, 2.05) is 31.2 Å². The molecule has 0 unspecified atom stereocenters. The Morgan fingerprint density at radius 2 is 1.04 bits per heavy atom. The summed E-state index contributed by atoms with van der Waals surface area (Å²) in [6.45, 7) is 8.50. The summed E-state index contributed by atoms with van der Waals surface area (Å²) in [4.78, 5) is 15.5. The van der Waals surface area contributed by atoms with Gasteiger partial charge in [0.25, 0.3) is 0 Å². The Balaban J connectivity index is 0.000000343. The predicted molar refractivity (Wildman–Crippen MR) is 104 cm³/mol. The predicted octanol–water partition coefficient (Wildman–Crippen LogP) is 4.92. The zero-order chi connectivity index (χ0) is 18.9. The summed E-state index contributed by atoms with van der Waals surface area (Å²) in [6.07, 6.45) is 0. The van der Waals surface area contributed by atoms with Gasteiger partial charge < -0.3 is 9.59 Å². The maximum absolute atomic E-state index is 7.75. The van der Waals surface area contributed by atoms with Gasteiger partial charge in [-0.15, -0.1) is 59.3 Å². The summed E-state index contributed by atoms with van der Waals surface area (Å²) >= 11 is 2.00. The van der Waals surface area contributed by atoms with E-state index in [9.17, 15) is 0 Å². The van der Waals surface area contributed by atoms with Gasteiger partial charge >= 0.3 is 31.2 Å². The molecule has 0 N–H and O–H groups in total. The molecule has 0 aliphatic heterocycles. The summed E-state index contributed by atoms with van der Waals surface area (Å²) < 4.78 is 2.00. The van der Waals surface area contributed by atoms with E-state index < -0.39 is 0 Å². The van der Waals surface area contributed by atoms with Crippen LogP contribution in [0.25, 0.3) is 21.5 Å². The zero-order valence-corrected chi connectivity index (χ0v) is 15.7. The first-order chi connectivity index (χ1) is 12.3. The molecule has 0 bridgehead atoms. The Kier molecular flexibility index (Phi) is 13.7. The molecule has 0 amide bonds. The molecule has 128 valence electrons. The van der Waals surface area contributed by atoms with Crippen LogP contribution in [0.5, 0.6) is 0 Å². The van der Waals surface area contributed by atoms with E-state index in [0.717, 1.165) is 0 Å². The van der Waals surface area contributed by atoms with Gasteiger partial charge in [0.15, 0.2) is 0 Å². The van der Waals surface area contributed by atoms with Crippen molar-refractivity contribution in [3.8, 4) is 0 Å². The summed E-state index contributed by atoms with van der Waals surface area (Å²) in [6, 6.07) is 29.3. The molecule has 4 aromatic carbocycles. The van der Waals surface area contributed by atoms with Crippen molar-refractivity contribution < 1.29 is 29.6 Å². The van der Waals surface area contributed by atoms with Crippen LogP contribution in [0.4, 0.5) is 0 Å². The zero-order valence-electron chi connectivity index (χ0n) is 14.1. The first-order valence-corrected chi connectivity index (χ1v) is 8.38. The van der Waals surface area contributed by atoms with Gasteiger partial charge in [0.2, 0.25) is 0 Å². The number of fused-ring (bicyclic) bond motifs is 2. The van der Waals surface area contributed by atoms with Gasteiger partial charge in [-0.1, -0.05) is 12.1 Å². The number of hydrogen-bond donors (Lipinski definition) is 0. The third-order valence-electron chi connectivity index (χ3n) is 3.10. The number of rotatable bonds is 0. The molecule has 0 radical (unpaired) electrons. The summed E-state index contributed by atoms with van der Waals surface area (Å²) in [5.74, 6) is 0. The molecule has 0 fully saturated rings. The van der Waals surface area contributed by atoms with E-state index >= 15 is 0 Å². The van der Waals surface area contributed by atoms with E-state index in [-0.39, 0.29) is 0 Å². The van der Waals surface area contributed by atoms with E-state index in [0.29, 0.717) is 0 Å². The topological polar surface area (TPSA) is 34.1 Å². The normalized spacial score (nSPS) is 8.16. The van der Waals surface area contributed by atoms with Crippen LogP contribution in [0, 0.1) is 0 Å². The van der Waals surface area contributed by atoms with Crippen molar-refractivity contribution in [2.75, 3.05) is 0 Å². The van der Waals surface area contributed by atoms with Gasteiger partial charge in [-0.25, -0.2) is 0 Å². The molecule has 0 spiro atoms. The molecule has 4 rings (SSSR count). The minimum atomic E-state index is 1.33. The maximum Gasteiger partial charge on any atom is -0.0809 e. The summed E-state index contributed by atoms with van der Waals surface area (Å²) in [5.41, 5.74) is 0. The average molecular weight is 364 g/mol. The van der Waals surface area contributed by atoms with Crippen molar-refractivity contribution in [2.24, 2.45) is 0 Å². The van der Waals surface area contributed by atoms with Crippen molar-refractivity contribution in [3.63, 3.8) is 0 Å². The second-order valence-electron chi connectivity index (χ2n) is 4.60. The van der Waals surface area contributed by atoms with Gasteiger partial charge in [0.1, 0.15) is 0 Å². The molecular formula is C22H20O2Ti-4. The van der Waals surface area contributed by atoms with Crippen molar-refractivity contribution in [2.45, 2.75) is 6.92 Å². The fraction of sp³-hybridized carbons (Fsp3) is 0.0455. The monoisotopic (exact) mass is 364 g/mol. The molecule has 0 atom stereocenters. The fourth-order valence-electron chi connectivity index (χ4n) is 2.14. The number of benzene rings is 2. The first-order valence-electron chi connectivity index (χ1n) is 7.48. The van der Waals surface area contributed by atoms with E-state index in [1.54, 1.807) is 0 Å². The minimum Gasteiger partial charge on any atom is -0.545 e. The van der Waals surface area contributed by atoms with Gasteiger partial charge in [-0.05, 0) is 0 Å². The molecule has 25 heavy (non-hydrogen) atoms. The van der Waals surface area contributed by atoms with E-state index in [1.165, 1.54) is 21.5 Å². The molecule has 3 heteroatoms. The van der Waals surface area contributed by atoms with Gasteiger partial charge in [-0.2, -0.15) is 35.0 Å². The van der Waals surface area contributed by atoms with E-state index in [4.69, 9.17) is 9.59 Å². The first kappa shape index (κ1) is 22.6. The Morgan fingerprint density at radius 3 is 1.36 bits per heavy atom. The molecule has 0 saturated carbocycles. The van der Waals surface area contributed by atoms with Crippen molar-refractivity contribution >= 4 is 39.4 Å². The van der Waals surface area contributed by atoms with Crippen LogP contribution in [0.1, 0.15) is 6.92 Å². The maximum atomic E-state index is 7.75. The van der Waals surface area contributed by atoms with Crippen LogP contribution >= 0.6 is 0 Å². The summed E-state index contributed by atoms with van der Waals surface area (Å²) in [5, 5.41) is 5.32. The average Bonchev–Trinajstić information content (AvgIpc) is 3.35. The Bertz CT molecular complexity index is 701. The molecule has 4 aromatic rings. The van der Waals surface area contributed by atoms with Crippen molar-refractivity contribution in [1.29, 1.82) is 0 Å². The largest absolute Gasteiger partial charge is 0.545 e. The van der Waals surface area contributed by atoms with Crippen LogP contribution in [0.2, 0.25) is 0 Å². The third-order valence-corrected chi connectivity index (χ3v) is 3.10. The molecule has 0 heterocycles. The fourth-order valence-corrected chi connectivity index (χ4v) is 2.14. The Labute approximate surface area is 160 Å². The van der Waals surface area contributed by atoms with Gasteiger partial charge in [-0.3, -0.25) is 13.6 Å². The molecule has 0 aromatic heterocycles. The number of carbonyl (C=O) groups excluding carboxylic acids is 2. The SMILES string of the molecule is C[CH]=[Ti].[CH-]=O.[CH-]=O.c1ccc2[cH-]ccc2c1.c1ccc2[cH-]ccc2c1. The van der Waals surface area contributed by atoms with Crippen LogP contribution < -0.4 is 0 Å². The molecular weight excluding hydrogens is 344 g/mol. The second-order valence-corrected chi connectivity index (χ2v) is 5.50. The Morgan fingerprint density at radius 1 is 0.720 bits per heavy atom. The van der Waals surface area contributed by atoms with Crippen LogP contribution in [-0.4, -0.2) is 17.9 Å². The molecule has 0 aliphatic rings. The molecule has 0 aliphatic carbocycles. The minimum absolute atomic E-state index is 1.33. The van der Waals surface area contributed by atoms with Crippen LogP contribution in [0.15, 0.2) is 84.9 Å². The number of hydrogen-bond acceptors (Lipinski definition) is 2. The smallest absolute Gasteiger partial charge is 0.0809 e. The van der Waals surface area contributed by atoms with Gasteiger partial charge in [0, 0.05) is 0 Å². The third kappa shape index (κ3) is 8.30. The van der Waals surface area contributed by atoms with Crippen LogP contribution in [0.3, 0.4) is 0 Å². The molecule has 2 nitrogen and oxygen atoms in total.